The number of benzene rings is 1. The maximum atomic E-state index is 12.0. The van der Waals surface area contributed by atoms with Crippen LogP contribution in [-0.4, -0.2) is 11.7 Å². The molecule has 1 aromatic rings. The minimum Gasteiger partial charge on any atom is -0.294 e. The largest absolute Gasteiger partial charge is 0.294 e. The summed E-state index contributed by atoms with van der Waals surface area (Å²) in [6.07, 6.45) is 3.41. The van der Waals surface area contributed by atoms with Crippen LogP contribution in [0.5, 0.6) is 0 Å². The Balaban J connectivity index is 2.10. The molecule has 1 unspecified atom stereocenters. The van der Waals surface area contributed by atoms with Crippen molar-refractivity contribution < 1.29 is 4.79 Å². The maximum Gasteiger partial charge on any atom is 0.167 e. The molecule has 0 amide bonds. The van der Waals surface area contributed by atoms with Crippen LogP contribution < -0.4 is 0 Å². The second-order valence-corrected chi connectivity index (χ2v) is 4.83. The van der Waals surface area contributed by atoms with Crippen molar-refractivity contribution in [2.24, 2.45) is 5.92 Å². The number of carbonyl (C=O) groups excluding carboxylic acids is 1. The summed E-state index contributed by atoms with van der Waals surface area (Å²) in [5.41, 5.74) is 2.17. The van der Waals surface area contributed by atoms with Crippen LogP contribution in [0, 0.1) is 5.92 Å². The molecule has 16 heavy (non-hydrogen) atoms. The lowest BCUT2D eigenvalue weighted by atomic mass is 9.96. The Kier molecular flexibility index (Phi) is 3.65. The van der Waals surface area contributed by atoms with E-state index in [4.69, 9.17) is 11.6 Å². The summed E-state index contributed by atoms with van der Waals surface area (Å²) in [5.74, 6) is 1.31. The zero-order valence-corrected chi connectivity index (χ0v) is 10.3. The van der Waals surface area contributed by atoms with Gasteiger partial charge < -0.3 is 0 Å². The molecule has 1 aromatic carbocycles. The molecule has 1 aliphatic rings. The molecular formula is C14H17ClO. The fraction of sp³-hybridized carbons (Fsp3) is 0.500. The highest BCUT2D eigenvalue weighted by molar-refractivity contribution is 6.20. The van der Waals surface area contributed by atoms with Gasteiger partial charge >= 0.3 is 0 Å². The van der Waals surface area contributed by atoms with Gasteiger partial charge in [0.25, 0.3) is 0 Å². The molecule has 2 rings (SSSR count). The Bertz CT molecular complexity index is 361. The number of hydrogen-bond acceptors (Lipinski definition) is 1. The van der Waals surface area contributed by atoms with E-state index in [9.17, 15) is 4.79 Å². The number of halogens is 1. The molecule has 0 bridgehead atoms. The fourth-order valence-electron chi connectivity index (χ4n) is 1.94. The van der Waals surface area contributed by atoms with Crippen molar-refractivity contribution in [3.63, 3.8) is 0 Å². The Morgan fingerprint density at radius 3 is 2.44 bits per heavy atom. The number of rotatable bonds is 5. The average molecular weight is 237 g/mol. The summed E-state index contributed by atoms with van der Waals surface area (Å²) < 4.78 is 0. The van der Waals surface area contributed by atoms with Crippen LogP contribution in [0.15, 0.2) is 24.3 Å². The highest BCUT2D eigenvalue weighted by Gasteiger charge is 2.24. The van der Waals surface area contributed by atoms with Gasteiger partial charge in [0.1, 0.15) is 0 Å². The van der Waals surface area contributed by atoms with E-state index in [0.29, 0.717) is 5.88 Å². The van der Waals surface area contributed by atoms with Crippen molar-refractivity contribution in [3.05, 3.63) is 35.4 Å². The van der Waals surface area contributed by atoms with Gasteiger partial charge in [-0.3, -0.25) is 4.79 Å². The summed E-state index contributed by atoms with van der Waals surface area (Å²) >= 11 is 5.78. The lowest BCUT2D eigenvalue weighted by Crippen LogP contribution is -2.15. The number of Topliss-reactive ketones (excluding diaryl/α,β-unsaturated/α-hetero) is 1. The van der Waals surface area contributed by atoms with Crippen molar-refractivity contribution in [2.75, 3.05) is 5.88 Å². The first-order valence-corrected chi connectivity index (χ1v) is 6.49. The molecule has 1 nitrogen and oxygen atoms in total. The van der Waals surface area contributed by atoms with Crippen LogP contribution in [0.2, 0.25) is 0 Å². The fourth-order valence-corrected chi connectivity index (χ4v) is 2.29. The van der Waals surface area contributed by atoms with Crippen molar-refractivity contribution in [2.45, 2.75) is 32.1 Å². The van der Waals surface area contributed by atoms with E-state index in [0.717, 1.165) is 17.9 Å². The highest BCUT2D eigenvalue weighted by atomic mass is 35.5. The summed E-state index contributed by atoms with van der Waals surface area (Å²) in [5, 5.41) is 0. The molecule has 0 aromatic heterocycles. The lowest BCUT2D eigenvalue weighted by Gasteiger charge is -2.10. The van der Waals surface area contributed by atoms with Crippen LogP contribution in [0.3, 0.4) is 0 Å². The summed E-state index contributed by atoms with van der Waals surface area (Å²) in [7, 11) is 0. The standard InChI is InChI=1S/C14H17ClO/c1-2-10(9-15)14(16)13-7-5-12(6-8-13)11-3-4-11/h5-8,10-11H,2-4,9H2,1H3. The molecule has 2 heteroatoms. The SMILES string of the molecule is CCC(CCl)C(=O)c1ccc(C2CC2)cc1. The lowest BCUT2D eigenvalue weighted by molar-refractivity contribution is 0.0929. The molecule has 1 fully saturated rings. The number of ketones is 1. The monoisotopic (exact) mass is 236 g/mol. The Morgan fingerprint density at radius 2 is 2.00 bits per heavy atom. The van der Waals surface area contributed by atoms with Crippen LogP contribution >= 0.6 is 11.6 Å². The smallest absolute Gasteiger partial charge is 0.167 e. The maximum absolute atomic E-state index is 12.0. The van der Waals surface area contributed by atoms with Crippen LogP contribution in [0.1, 0.15) is 48.0 Å². The van der Waals surface area contributed by atoms with E-state index in [1.54, 1.807) is 0 Å². The Labute approximate surface area is 102 Å². The van der Waals surface area contributed by atoms with Gasteiger partial charge in [0, 0.05) is 17.4 Å². The Hall–Kier alpha value is -0.820. The topological polar surface area (TPSA) is 17.1 Å². The highest BCUT2D eigenvalue weighted by Crippen LogP contribution is 2.39. The molecule has 0 heterocycles. The van der Waals surface area contributed by atoms with E-state index in [1.807, 2.05) is 19.1 Å². The summed E-state index contributed by atoms with van der Waals surface area (Å²) in [6, 6.07) is 8.08. The molecule has 1 atom stereocenters. The third kappa shape index (κ3) is 2.46. The molecule has 1 saturated carbocycles. The summed E-state index contributed by atoms with van der Waals surface area (Å²) in [4.78, 5) is 12.0. The first-order chi connectivity index (χ1) is 7.76. The number of carbonyl (C=O) groups is 1. The van der Waals surface area contributed by atoms with Gasteiger partial charge in [-0.15, -0.1) is 11.6 Å². The van der Waals surface area contributed by atoms with Gasteiger partial charge in [-0.1, -0.05) is 31.2 Å². The molecule has 0 aliphatic heterocycles. The molecule has 0 spiro atoms. The van der Waals surface area contributed by atoms with Crippen LogP contribution in [0.25, 0.3) is 0 Å². The molecule has 0 N–H and O–H groups in total. The predicted molar refractivity (Wildman–Crippen MR) is 67.2 cm³/mol. The molecule has 86 valence electrons. The van der Waals surface area contributed by atoms with Crippen LogP contribution in [0.4, 0.5) is 0 Å². The van der Waals surface area contributed by atoms with E-state index in [2.05, 4.69) is 12.1 Å². The van der Waals surface area contributed by atoms with Gasteiger partial charge in [0.15, 0.2) is 5.78 Å². The van der Waals surface area contributed by atoms with Gasteiger partial charge in [-0.2, -0.15) is 0 Å². The van der Waals surface area contributed by atoms with Gasteiger partial charge in [0.2, 0.25) is 0 Å². The quantitative estimate of drug-likeness (QED) is 0.558. The van der Waals surface area contributed by atoms with Crippen LogP contribution in [-0.2, 0) is 0 Å². The predicted octanol–water partition coefficient (Wildman–Crippen LogP) is 4.01. The molecule has 0 radical (unpaired) electrons. The van der Waals surface area contributed by atoms with E-state index in [1.165, 1.54) is 18.4 Å². The second kappa shape index (κ2) is 5.01. The first kappa shape index (κ1) is 11.7. The zero-order chi connectivity index (χ0) is 11.5. The third-order valence-corrected chi connectivity index (χ3v) is 3.67. The van der Waals surface area contributed by atoms with Gasteiger partial charge in [0.05, 0.1) is 0 Å². The number of hydrogen-bond donors (Lipinski definition) is 0. The molecular weight excluding hydrogens is 220 g/mol. The average Bonchev–Trinajstić information content (AvgIpc) is 3.15. The minimum absolute atomic E-state index is 0.0339. The summed E-state index contributed by atoms with van der Waals surface area (Å²) in [6.45, 7) is 2.00. The van der Waals surface area contributed by atoms with E-state index < -0.39 is 0 Å². The van der Waals surface area contributed by atoms with Crippen molar-refractivity contribution in [1.29, 1.82) is 0 Å². The van der Waals surface area contributed by atoms with Crippen molar-refractivity contribution in [1.82, 2.24) is 0 Å². The molecule has 1 aliphatic carbocycles. The first-order valence-electron chi connectivity index (χ1n) is 5.96. The van der Waals surface area contributed by atoms with E-state index >= 15 is 0 Å². The van der Waals surface area contributed by atoms with Gasteiger partial charge in [-0.25, -0.2) is 0 Å². The van der Waals surface area contributed by atoms with Crippen molar-refractivity contribution >= 4 is 17.4 Å². The third-order valence-electron chi connectivity index (χ3n) is 3.29. The van der Waals surface area contributed by atoms with Crippen molar-refractivity contribution in [3.8, 4) is 0 Å². The minimum atomic E-state index is -0.0339. The zero-order valence-electron chi connectivity index (χ0n) is 9.58. The normalized spacial score (nSPS) is 17.1. The van der Waals surface area contributed by atoms with Gasteiger partial charge in [-0.05, 0) is 30.7 Å². The number of alkyl halides is 1. The molecule has 0 saturated heterocycles. The Morgan fingerprint density at radius 1 is 1.38 bits per heavy atom. The second-order valence-electron chi connectivity index (χ2n) is 4.52. The van der Waals surface area contributed by atoms with E-state index in [-0.39, 0.29) is 11.7 Å².